The van der Waals surface area contributed by atoms with Gasteiger partial charge in [0.2, 0.25) is 0 Å². The molecule has 0 atom stereocenters. The van der Waals surface area contributed by atoms with Crippen LogP contribution in [-0.4, -0.2) is 24.5 Å². The van der Waals surface area contributed by atoms with E-state index in [9.17, 15) is 4.39 Å². The first-order valence-electron chi connectivity index (χ1n) is 6.74. The zero-order valence-electron chi connectivity index (χ0n) is 11.2. The maximum Gasteiger partial charge on any atom is 0.123 e. The maximum atomic E-state index is 12.8. The van der Waals surface area contributed by atoms with E-state index in [1.807, 2.05) is 12.1 Å². The predicted molar refractivity (Wildman–Crippen MR) is 74.1 cm³/mol. The molecule has 2 rings (SSSR count). The van der Waals surface area contributed by atoms with E-state index in [1.54, 1.807) is 12.1 Å². The van der Waals surface area contributed by atoms with Crippen LogP contribution in [0.2, 0.25) is 0 Å². The fourth-order valence-electron chi connectivity index (χ4n) is 2.68. The summed E-state index contributed by atoms with van der Waals surface area (Å²) in [5.74, 6) is 0.604. The van der Waals surface area contributed by atoms with Gasteiger partial charge in [0.25, 0.3) is 0 Å². The molecule has 0 aliphatic carbocycles. The fraction of sp³-hybridized carbons (Fsp3) is 0.500. The highest BCUT2D eigenvalue weighted by molar-refractivity contribution is 5.16. The highest BCUT2D eigenvalue weighted by Gasteiger charge is 2.19. The normalized spacial score (nSPS) is 17.9. The molecule has 1 aromatic rings. The van der Waals surface area contributed by atoms with Gasteiger partial charge in [-0.25, -0.2) is 4.39 Å². The lowest BCUT2D eigenvalue weighted by atomic mass is 9.90. The van der Waals surface area contributed by atoms with Gasteiger partial charge in [-0.2, -0.15) is 0 Å². The third kappa shape index (κ3) is 3.95. The Balaban J connectivity index is 1.79. The zero-order chi connectivity index (χ0) is 13.0. The SMILES string of the molecule is C=C(C)CN1CCC(Cc2ccc(F)cc2)CC1. The summed E-state index contributed by atoms with van der Waals surface area (Å²) in [5.41, 5.74) is 2.50. The van der Waals surface area contributed by atoms with Crippen LogP contribution in [-0.2, 0) is 6.42 Å². The molecular formula is C16H22FN. The Morgan fingerprint density at radius 3 is 2.44 bits per heavy atom. The largest absolute Gasteiger partial charge is 0.299 e. The molecule has 1 heterocycles. The van der Waals surface area contributed by atoms with E-state index in [2.05, 4.69) is 18.4 Å². The Hall–Kier alpha value is -1.15. The summed E-state index contributed by atoms with van der Waals surface area (Å²) in [7, 11) is 0. The van der Waals surface area contributed by atoms with Crippen molar-refractivity contribution in [1.82, 2.24) is 4.90 Å². The van der Waals surface area contributed by atoms with Gasteiger partial charge in [0.15, 0.2) is 0 Å². The summed E-state index contributed by atoms with van der Waals surface area (Å²) in [6.45, 7) is 9.42. The standard InChI is InChI=1S/C16H22FN/c1-13(2)12-18-9-7-15(8-10-18)11-14-3-5-16(17)6-4-14/h3-6,15H,1,7-12H2,2H3. The molecular weight excluding hydrogens is 225 g/mol. The number of piperidine rings is 1. The predicted octanol–water partition coefficient (Wildman–Crippen LogP) is 3.66. The van der Waals surface area contributed by atoms with Crippen LogP contribution in [0.4, 0.5) is 4.39 Å². The number of benzene rings is 1. The molecule has 0 aromatic heterocycles. The fourth-order valence-corrected chi connectivity index (χ4v) is 2.68. The third-order valence-corrected chi connectivity index (χ3v) is 3.64. The summed E-state index contributed by atoms with van der Waals surface area (Å²) in [6.07, 6.45) is 3.57. The first-order chi connectivity index (χ1) is 8.63. The number of nitrogens with zero attached hydrogens (tertiary/aromatic N) is 1. The molecule has 0 bridgehead atoms. The van der Waals surface area contributed by atoms with E-state index in [-0.39, 0.29) is 5.82 Å². The zero-order valence-corrected chi connectivity index (χ0v) is 11.2. The average molecular weight is 247 g/mol. The van der Waals surface area contributed by atoms with E-state index >= 15 is 0 Å². The molecule has 0 amide bonds. The molecule has 0 unspecified atom stereocenters. The maximum absolute atomic E-state index is 12.8. The van der Waals surface area contributed by atoms with Gasteiger partial charge in [0.1, 0.15) is 5.82 Å². The Morgan fingerprint density at radius 2 is 1.89 bits per heavy atom. The summed E-state index contributed by atoms with van der Waals surface area (Å²) >= 11 is 0. The quantitative estimate of drug-likeness (QED) is 0.734. The molecule has 1 aromatic carbocycles. The highest BCUT2D eigenvalue weighted by Crippen LogP contribution is 2.22. The van der Waals surface area contributed by atoms with Crippen LogP contribution < -0.4 is 0 Å². The molecule has 0 saturated carbocycles. The van der Waals surface area contributed by atoms with Crippen molar-refractivity contribution in [3.63, 3.8) is 0 Å². The van der Waals surface area contributed by atoms with Crippen LogP contribution in [0.1, 0.15) is 25.3 Å². The van der Waals surface area contributed by atoms with Crippen molar-refractivity contribution < 1.29 is 4.39 Å². The summed E-state index contributed by atoms with van der Waals surface area (Å²) < 4.78 is 12.8. The minimum Gasteiger partial charge on any atom is -0.299 e. The van der Waals surface area contributed by atoms with Crippen molar-refractivity contribution in [3.8, 4) is 0 Å². The Bertz CT molecular complexity index is 388. The lowest BCUT2D eigenvalue weighted by molar-refractivity contribution is 0.197. The van der Waals surface area contributed by atoms with Gasteiger partial charge in [0, 0.05) is 6.54 Å². The molecule has 2 heteroatoms. The number of halogens is 1. The molecule has 1 aliphatic heterocycles. The van der Waals surface area contributed by atoms with Gasteiger partial charge in [-0.05, 0) is 62.9 Å². The molecule has 1 saturated heterocycles. The van der Waals surface area contributed by atoms with Crippen LogP contribution >= 0.6 is 0 Å². The van der Waals surface area contributed by atoms with Crippen molar-refractivity contribution in [2.75, 3.05) is 19.6 Å². The van der Waals surface area contributed by atoms with Crippen molar-refractivity contribution in [2.24, 2.45) is 5.92 Å². The molecule has 1 fully saturated rings. The second kappa shape index (κ2) is 6.14. The Kier molecular flexibility index (Phi) is 4.54. The first kappa shape index (κ1) is 13.3. The summed E-state index contributed by atoms with van der Waals surface area (Å²) in [6, 6.07) is 6.95. The summed E-state index contributed by atoms with van der Waals surface area (Å²) in [5, 5.41) is 0. The number of likely N-dealkylation sites (tertiary alicyclic amines) is 1. The Morgan fingerprint density at radius 1 is 1.28 bits per heavy atom. The number of rotatable bonds is 4. The molecule has 0 N–H and O–H groups in total. The second-order valence-corrected chi connectivity index (χ2v) is 5.51. The number of hydrogen-bond acceptors (Lipinski definition) is 1. The van der Waals surface area contributed by atoms with Gasteiger partial charge < -0.3 is 0 Å². The first-order valence-corrected chi connectivity index (χ1v) is 6.74. The third-order valence-electron chi connectivity index (χ3n) is 3.64. The van der Waals surface area contributed by atoms with Crippen molar-refractivity contribution >= 4 is 0 Å². The second-order valence-electron chi connectivity index (χ2n) is 5.51. The Labute approximate surface area is 109 Å². The molecule has 98 valence electrons. The van der Waals surface area contributed by atoms with Gasteiger partial charge >= 0.3 is 0 Å². The lowest BCUT2D eigenvalue weighted by Crippen LogP contribution is -2.35. The highest BCUT2D eigenvalue weighted by atomic mass is 19.1. The monoisotopic (exact) mass is 247 g/mol. The topological polar surface area (TPSA) is 3.24 Å². The smallest absolute Gasteiger partial charge is 0.123 e. The minimum absolute atomic E-state index is 0.143. The van der Waals surface area contributed by atoms with Crippen molar-refractivity contribution in [2.45, 2.75) is 26.2 Å². The van der Waals surface area contributed by atoms with E-state index in [4.69, 9.17) is 0 Å². The average Bonchev–Trinajstić information content (AvgIpc) is 2.34. The minimum atomic E-state index is -0.143. The van der Waals surface area contributed by atoms with Crippen molar-refractivity contribution in [3.05, 3.63) is 47.8 Å². The van der Waals surface area contributed by atoms with Crippen LogP contribution in [0.15, 0.2) is 36.4 Å². The van der Waals surface area contributed by atoms with E-state index in [0.717, 1.165) is 18.9 Å². The molecule has 0 spiro atoms. The lowest BCUT2D eigenvalue weighted by Gasteiger charge is -2.32. The van der Waals surface area contributed by atoms with Gasteiger partial charge in [-0.3, -0.25) is 4.90 Å². The van der Waals surface area contributed by atoms with E-state index in [0.29, 0.717) is 0 Å². The molecule has 0 radical (unpaired) electrons. The van der Waals surface area contributed by atoms with Crippen molar-refractivity contribution in [1.29, 1.82) is 0 Å². The molecule has 18 heavy (non-hydrogen) atoms. The van der Waals surface area contributed by atoms with Gasteiger partial charge in [-0.15, -0.1) is 0 Å². The summed E-state index contributed by atoms with van der Waals surface area (Å²) in [4.78, 5) is 2.48. The molecule has 1 nitrogen and oxygen atoms in total. The van der Waals surface area contributed by atoms with Crippen LogP contribution in [0.5, 0.6) is 0 Å². The van der Waals surface area contributed by atoms with E-state index < -0.39 is 0 Å². The molecule has 1 aliphatic rings. The number of hydrogen-bond donors (Lipinski definition) is 0. The van der Waals surface area contributed by atoms with Gasteiger partial charge in [-0.1, -0.05) is 24.3 Å². The van der Waals surface area contributed by atoms with Crippen LogP contribution in [0.3, 0.4) is 0 Å². The van der Waals surface area contributed by atoms with E-state index in [1.165, 1.54) is 37.1 Å². The van der Waals surface area contributed by atoms with Crippen LogP contribution in [0, 0.1) is 11.7 Å². The van der Waals surface area contributed by atoms with Gasteiger partial charge in [0.05, 0.1) is 0 Å². The van der Waals surface area contributed by atoms with Crippen LogP contribution in [0.25, 0.3) is 0 Å².